The van der Waals surface area contributed by atoms with Gasteiger partial charge in [0, 0.05) is 12.2 Å². The predicted octanol–water partition coefficient (Wildman–Crippen LogP) is 2.47. The molecule has 0 unspecified atom stereocenters. The normalized spacial score (nSPS) is 13.2. The van der Waals surface area contributed by atoms with Gasteiger partial charge < -0.3 is 9.64 Å². The molecule has 1 aliphatic rings. The SMILES string of the molecule is COC(=O)c1cccc2c1CCCN2C(=O)Cn1cnc2c(C)cccc2c1=O. The fourth-order valence-corrected chi connectivity index (χ4v) is 3.87. The number of nitrogens with zero attached hydrogens (tertiary/aromatic N) is 3. The highest BCUT2D eigenvalue weighted by Crippen LogP contribution is 2.30. The molecule has 1 aromatic heterocycles. The molecule has 0 atom stereocenters. The molecule has 3 aromatic rings. The first-order chi connectivity index (χ1) is 14.0. The van der Waals surface area contributed by atoms with Crippen LogP contribution in [0.25, 0.3) is 10.9 Å². The minimum Gasteiger partial charge on any atom is -0.465 e. The number of methoxy groups -OCH3 is 1. The lowest BCUT2D eigenvalue weighted by Crippen LogP contribution is -2.40. The predicted molar refractivity (Wildman–Crippen MR) is 109 cm³/mol. The Morgan fingerprint density at radius 2 is 1.97 bits per heavy atom. The van der Waals surface area contributed by atoms with Gasteiger partial charge in [-0.25, -0.2) is 9.78 Å². The number of amides is 1. The Morgan fingerprint density at radius 1 is 1.17 bits per heavy atom. The fourth-order valence-electron chi connectivity index (χ4n) is 3.87. The van der Waals surface area contributed by atoms with Gasteiger partial charge >= 0.3 is 5.97 Å². The van der Waals surface area contributed by atoms with Crippen LogP contribution < -0.4 is 10.5 Å². The number of aromatic nitrogens is 2. The molecule has 7 nitrogen and oxygen atoms in total. The molecule has 2 aromatic carbocycles. The maximum atomic E-state index is 13.1. The van der Waals surface area contributed by atoms with E-state index in [0.29, 0.717) is 35.1 Å². The minimum absolute atomic E-state index is 0.113. The number of hydrogen-bond acceptors (Lipinski definition) is 5. The van der Waals surface area contributed by atoms with Crippen LogP contribution in [-0.4, -0.2) is 35.1 Å². The summed E-state index contributed by atoms with van der Waals surface area (Å²) in [5, 5.41) is 0.493. The Kier molecular flexibility index (Phi) is 4.88. The summed E-state index contributed by atoms with van der Waals surface area (Å²) >= 11 is 0. The summed E-state index contributed by atoms with van der Waals surface area (Å²) in [7, 11) is 1.34. The van der Waals surface area contributed by atoms with Gasteiger partial charge in [-0.2, -0.15) is 0 Å². The molecule has 0 N–H and O–H groups in total. The van der Waals surface area contributed by atoms with E-state index < -0.39 is 5.97 Å². The van der Waals surface area contributed by atoms with Crippen molar-refractivity contribution in [1.82, 2.24) is 9.55 Å². The first-order valence-electron chi connectivity index (χ1n) is 9.46. The maximum Gasteiger partial charge on any atom is 0.338 e. The van der Waals surface area contributed by atoms with Crippen LogP contribution in [0.5, 0.6) is 0 Å². The maximum absolute atomic E-state index is 13.1. The minimum atomic E-state index is -0.415. The summed E-state index contributed by atoms with van der Waals surface area (Å²) in [6, 6.07) is 10.7. The molecular formula is C22H21N3O4. The van der Waals surface area contributed by atoms with E-state index in [4.69, 9.17) is 4.74 Å². The lowest BCUT2D eigenvalue weighted by molar-refractivity contribution is -0.119. The lowest BCUT2D eigenvalue weighted by atomic mass is 9.96. The molecule has 7 heteroatoms. The van der Waals surface area contributed by atoms with Crippen LogP contribution in [0.15, 0.2) is 47.5 Å². The van der Waals surface area contributed by atoms with Crippen molar-refractivity contribution in [2.45, 2.75) is 26.3 Å². The molecule has 0 spiro atoms. The second kappa shape index (κ2) is 7.50. The van der Waals surface area contributed by atoms with Gasteiger partial charge in [-0.3, -0.25) is 14.2 Å². The Hall–Kier alpha value is -3.48. The van der Waals surface area contributed by atoms with Crippen LogP contribution in [0.1, 0.15) is 27.9 Å². The molecule has 4 rings (SSSR count). The molecule has 0 saturated carbocycles. The van der Waals surface area contributed by atoms with Gasteiger partial charge in [-0.1, -0.05) is 18.2 Å². The van der Waals surface area contributed by atoms with Crippen molar-refractivity contribution in [3.05, 3.63) is 69.8 Å². The number of hydrogen-bond donors (Lipinski definition) is 0. The highest BCUT2D eigenvalue weighted by atomic mass is 16.5. The molecular weight excluding hydrogens is 370 g/mol. The van der Waals surface area contributed by atoms with E-state index in [9.17, 15) is 14.4 Å². The monoisotopic (exact) mass is 391 g/mol. The van der Waals surface area contributed by atoms with Crippen molar-refractivity contribution >= 4 is 28.5 Å². The summed E-state index contributed by atoms with van der Waals surface area (Å²) < 4.78 is 6.20. The van der Waals surface area contributed by atoms with E-state index in [1.54, 1.807) is 23.1 Å². The molecule has 0 radical (unpaired) electrons. The molecule has 1 amide bonds. The van der Waals surface area contributed by atoms with Gasteiger partial charge in [-0.05, 0) is 49.1 Å². The number of para-hydroxylation sites is 1. The van der Waals surface area contributed by atoms with Crippen molar-refractivity contribution in [3.63, 3.8) is 0 Å². The van der Waals surface area contributed by atoms with Crippen LogP contribution in [0.4, 0.5) is 5.69 Å². The molecule has 0 aliphatic carbocycles. The standard InChI is InChI=1S/C22H21N3O4/c1-14-6-3-8-17-20(14)23-13-24(21(17)27)12-19(26)25-11-5-9-15-16(22(28)29-2)7-4-10-18(15)25/h3-4,6-8,10,13H,5,9,11-12H2,1-2H3. The summed E-state index contributed by atoms with van der Waals surface area (Å²) in [6.45, 7) is 2.32. The average Bonchev–Trinajstić information content (AvgIpc) is 2.74. The third-order valence-corrected chi connectivity index (χ3v) is 5.32. The third kappa shape index (κ3) is 3.29. The van der Waals surface area contributed by atoms with E-state index >= 15 is 0 Å². The summed E-state index contributed by atoms with van der Waals surface area (Å²) in [5.41, 5.74) is 3.29. The highest BCUT2D eigenvalue weighted by Gasteiger charge is 2.26. The number of benzene rings is 2. The summed E-state index contributed by atoms with van der Waals surface area (Å²) in [5.74, 6) is -0.634. The highest BCUT2D eigenvalue weighted by molar-refractivity contribution is 5.98. The number of fused-ring (bicyclic) bond motifs is 2. The topological polar surface area (TPSA) is 81.5 Å². The molecule has 1 aliphatic heterocycles. The number of anilines is 1. The summed E-state index contributed by atoms with van der Waals surface area (Å²) in [4.78, 5) is 43.9. The van der Waals surface area contributed by atoms with Crippen molar-refractivity contribution < 1.29 is 14.3 Å². The largest absolute Gasteiger partial charge is 0.465 e. The fraction of sp³-hybridized carbons (Fsp3) is 0.273. The van der Waals surface area contributed by atoms with Gasteiger partial charge in [0.15, 0.2) is 0 Å². The second-order valence-electron chi connectivity index (χ2n) is 7.09. The number of ether oxygens (including phenoxy) is 1. The van der Waals surface area contributed by atoms with E-state index in [2.05, 4.69) is 4.98 Å². The third-order valence-electron chi connectivity index (χ3n) is 5.32. The first kappa shape index (κ1) is 18.9. The Balaban J connectivity index is 1.68. The van der Waals surface area contributed by atoms with Gasteiger partial charge in [-0.15, -0.1) is 0 Å². The Morgan fingerprint density at radius 3 is 2.76 bits per heavy atom. The zero-order valence-electron chi connectivity index (χ0n) is 16.3. The van der Waals surface area contributed by atoms with Crippen molar-refractivity contribution in [3.8, 4) is 0 Å². The smallest absolute Gasteiger partial charge is 0.338 e. The van der Waals surface area contributed by atoms with Gasteiger partial charge in [0.05, 0.1) is 29.9 Å². The van der Waals surface area contributed by atoms with E-state index in [-0.39, 0.29) is 18.0 Å². The van der Waals surface area contributed by atoms with Crippen LogP contribution in [-0.2, 0) is 22.5 Å². The van der Waals surface area contributed by atoms with E-state index in [1.807, 2.05) is 25.1 Å². The zero-order valence-corrected chi connectivity index (χ0v) is 16.3. The van der Waals surface area contributed by atoms with Crippen molar-refractivity contribution in [1.29, 1.82) is 0 Å². The van der Waals surface area contributed by atoms with E-state index in [1.165, 1.54) is 18.0 Å². The number of rotatable bonds is 3. The van der Waals surface area contributed by atoms with Crippen LogP contribution in [0, 0.1) is 6.92 Å². The lowest BCUT2D eigenvalue weighted by Gasteiger charge is -2.30. The quantitative estimate of drug-likeness (QED) is 0.641. The zero-order chi connectivity index (χ0) is 20.5. The average molecular weight is 391 g/mol. The van der Waals surface area contributed by atoms with Crippen LogP contribution >= 0.6 is 0 Å². The molecule has 29 heavy (non-hydrogen) atoms. The number of esters is 1. The van der Waals surface area contributed by atoms with Crippen LogP contribution in [0.2, 0.25) is 0 Å². The number of carbonyl (C=O) groups is 2. The molecule has 0 saturated heterocycles. The molecule has 148 valence electrons. The molecule has 2 heterocycles. The molecule has 0 bridgehead atoms. The first-order valence-corrected chi connectivity index (χ1v) is 9.46. The Bertz CT molecular complexity index is 1180. The van der Waals surface area contributed by atoms with Crippen LogP contribution in [0.3, 0.4) is 0 Å². The Labute approximate surface area is 167 Å². The number of carbonyl (C=O) groups excluding carboxylic acids is 2. The summed E-state index contributed by atoms with van der Waals surface area (Å²) in [6.07, 6.45) is 2.85. The number of aryl methyl sites for hydroxylation is 1. The van der Waals surface area contributed by atoms with Gasteiger partial charge in [0.25, 0.3) is 5.56 Å². The van der Waals surface area contributed by atoms with Gasteiger partial charge in [0.2, 0.25) is 5.91 Å². The molecule has 0 fully saturated rings. The second-order valence-corrected chi connectivity index (χ2v) is 7.09. The van der Waals surface area contributed by atoms with Crippen molar-refractivity contribution in [2.75, 3.05) is 18.6 Å². The van der Waals surface area contributed by atoms with E-state index in [0.717, 1.165) is 17.5 Å². The van der Waals surface area contributed by atoms with Gasteiger partial charge in [0.1, 0.15) is 6.54 Å². The van der Waals surface area contributed by atoms with Crippen molar-refractivity contribution in [2.24, 2.45) is 0 Å².